The fraction of sp³-hybridized carbons (Fsp3) is 0.277. The summed E-state index contributed by atoms with van der Waals surface area (Å²) >= 11 is 0. The maximum atomic E-state index is 14.5. The molecular weight excluding hydrogens is 933 g/mol. The molecule has 2 amide bonds. The Balaban J connectivity index is 0.000000258. The molecule has 0 radical (unpaired) electrons. The number of nitrogens with one attached hydrogen (secondary N) is 2. The van der Waals surface area contributed by atoms with Crippen LogP contribution in [-0.2, 0) is 44.4 Å². The summed E-state index contributed by atoms with van der Waals surface area (Å²) in [5.74, 6) is -7.15. The average Bonchev–Trinajstić information content (AvgIpc) is 3.67. The van der Waals surface area contributed by atoms with Crippen molar-refractivity contribution in [1.29, 1.82) is 0 Å². The Morgan fingerprint density at radius 2 is 0.986 bits per heavy atom. The summed E-state index contributed by atoms with van der Waals surface area (Å²) in [7, 11) is 2.48. The SMILES string of the molecule is COc1cc2c(CC(=O)NC(C)(C)C(=O)O)c(C)n(C(=O)c3ccc(C(F)(F)F)cc3)c2cc1F.COc1cc2c(CC(=O)NC(C)C(=O)O)c(C)n(C(=O)c3ccc(C(F)(F)F)cc3)c2cc1F. The van der Waals surface area contributed by atoms with Gasteiger partial charge in [0.1, 0.15) is 11.6 Å². The lowest BCUT2D eigenvalue weighted by atomic mass is 10.0. The average molecular weight is 975 g/mol. The number of carboxylic acid groups (broad SMARTS) is 2. The Labute approximate surface area is 386 Å². The molecule has 0 saturated heterocycles. The van der Waals surface area contributed by atoms with Gasteiger partial charge in [0.05, 0.1) is 49.2 Å². The van der Waals surface area contributed by atoms with Crippen molar-refractivity contribution in [3.8, 4) is 11.5 Å². The number of ether oxygens (including phenoxy) is 2. The van der Waals surface area contributed by atoms with Gasteiger partial charge in [0, 0.05) is 45.4 Å². The molecule has 22 heteroatoms. The molecule has 0 fully saturated rings. The smallest absolute Gasteiger partial charge is 0.416 e. The number of aromatic nitrogens is 2. The summed E-state index contributed by atoms with van der Waals surface area (Å²) in [5.41, 5.74) is -2.36. The number of alkyl halides is 6. The van der Waals surface area contributed by atoms with Gasteiger partial charge in [-0.15, -0.1) is 0 Å². The number of rotatable bonds is 12. The number of aliphatic carboxylic acids is 2. The maximum Gasteiger partial charge on any atom is 0.416 e. The summed E-state index contributed by atoms with van der Waals surface area (Å²) in [5, 5.41) is 23.5. The zero-order valence-corrected chi connectivity index (χ0v) is 37.5. The van der Waals surface area contributed by atoms with Gasteiger partial charge in [0.25, 0.3) is 11.8 Å². The topological polar surface area (TPSA) is 195 Å². The van der Waals surface area contributed by atoms with Gasteiger partial charge in [0.15, 0.2) is 23.1 Å². The van der Waals surface area contributed by atoms with Crippen molar-refractivity contribution in [3.63, 3.8) is 0 Å². The molecular formula is C47H42F8N4O10. The molecule has 0 aliphatic heterocycles. The predicted molar refractivity (Wildman–Crippen MR) is 231 cm³/mol. The fourth-order valence-corrected chi connectivity index (χ4v) is 7.23. The first-order valence-electron chi connectivity index (χ1n) is 20.3. The van der Waals surface area contributed by atoms with Crippen molar-refractivity contribution in [2.45, 2.75) is 71.4 Å². The number of fused-ring (bicyclic) bond motifs is 2. The molecule has 2 aromatic heterocycles. The number of halogens is 8. The van der Waals surface area contributed by atoms with Crippen molar-refractivity contribution in [2.24, 2.45) is 0 Å². The number of carbonyl (C=O) groups excluding carboxylic acids is 4. The van der Waals surface area contributed by atoms with E-state index in [1.807, 2.05) is 0 Å². The van der Waals surface area contributed by atoms with Gasteiger partial charge in [-0.1, -0.05) is 0 Å². The number of hydrogen-bond acceptors (Lipinski definition) is 8. The summed E-state index contributed by atoms with van der Waals surface area (Å²) in [4.78, 5) is 74.0. The third-order valence-corrected chi connectivity index (χ3v) is 11.0. The van der Waals surface area contributed by atoms with E-state index in [4.69, 9.17) is 14.6 Å². The van der Waals surface area contributed by atoms with Crippen molar-refractivity contribution in [1.82, 2.24) is 19.8 Å². The molecule has 1 atom stereocenters. The molecule has 366 valence electrons. The van der Waals surface area contributed by atoms with Crippen molar-refractivity contribution in [3.05, 3.63) is 129 Å². The first kappa shape index (κ1) is 52.2. The highest BCUT2D eigenvalue weighted by molar-refractivity contribution is 6.06. The van der Waals surface area contributed by atoms with E-state index in [0.717, 1.165) is 69.8 Å². The van der Waals surface area contributed by atoms with Crippen LogP contribution in [-0.4, -0.2) is 80.7 Å². The van der Waals surface area contributed by atoms with Crippen molar-refractivity contribution >= 4 is 57.4 Å². The largest absolute Gasteiger partial charge is 0.494 e. The van der Waals surface area contributed by atoms with Gasteiger partial charge in [0.2, 0.25) is 11.8 Å². The normalized spacial score (nSPS) is 12.2. The fourth-order valence-electron chi connectivity index (χ4n) is 7.23. The highest BCUT2D eigenvalue weighted by Gasteiger charge is 2.33. The second-order valence-electron chi connectivity index (χ2n) is 16.0. The Kier molecular flexibility index (Phi) is 15.0. The van der Waals surface area contributed by atoms with Crippen LogP contribution in [0.1, 0.15) is 75.1 Å². The highest BCUT2D eigenvalue weighted by Crippen LogP contribution is 2.36. The number of carboxylic acids is 2. The summed E-state index contributed by atoms with van der Waals surface area (Å²) in [6, 6.07) is 10.6. The molecule has 0 aliphatic carbocycles. The molecule has 69 heavy (non-hydrogen) atoms. The molecule has 0 aliphatic rings. The number of hydrogen-bond donors (Lipinski definition) is 4. The van der Waals surface area contributed by atoms with E-state index in [-0.39, 0.29) is 57.9 Å². The molecule has 0 saturated carbocycles. The molecule has 6 aromatic rings. The third kappa shape index (κ3) is 11.2. The molecule has 0 bridgehead atoms. The van der Waals surface area contributed by atoms with E-state index in [0.29, 0.717) is 21.9 Å². The van der Waals surface area contributed by atoms with Crippen LogP contribution in [0, 0.1) is 25.5 Å². The Morgan fingerprint density at radius 3 is 1.30 bits per heavy atom. The van der Waals surface area contributed by atoms with E-state index < -0.39 is 82.3 Å². The van der Waals surface area contributed by atoms with E-state index in [2.05, 4.69) is 10.6 Å². The van der Waals surface area contributed by atoms with E-state index >= 15 is 0 Å². The predicted octanol–water partition coefficient (Wildman–Crippen LogP) is 8.26. The van der Waals surface area contributed by atoms with Crippen LogP contribution in [0.4, 0.5) is 35.1 Å². The summed E-state index contributed by atoms with van der Waals surface area (Å²) < 4.78 is 119. The van der Waals surface area contributed by atoms with E-state index in [1.165, 1.54) is 61.0 Å². The molecule has 6 rings (SSSR count). The Bertz CT molecular complexity index is 3010. The van der Waals surface area contributed by atoms with Gasteiger partial charge in [-0.05, 0) is 106 Å². The summed E-state index contributed by atoms with van der Waals surface area (Å²) in [6.07, 6.45) is -9.84. The molecule has 4 N–H and O–H groups in total. The van der Waals surface area contributed by atoms with Gasteiger partial charge in [-0.25, -0.2) is 13.6 Å². The van der Waals surface area contributed by atoms with Crippen molar-refractivity contribution in [2.75, 3.05) is 14.2 Å². The monoisotopic (exact) mass is 974 g/mol. The van der Waals surface area contributed by atoms with Gasteiger partial charge in [-0.2, -0.15) is 26.3 Å². The second kappa shape index (κ2) is 19.8. The van der Waals surface area contributed by atoms with Crippen LogP contribution in [0.5, 0.6) is 11.5 Å². The Morgan fingerprint density at radius 1 is 0.623 bits per heavy atom. The van der Waals surface area contributed by atoms with Crippen LogP contribution in [0.15, 0.2) is 72.8 Å². The molecule has 14 nitrogen and oxygen atoms in total. The van der Waals surface area contributed by atoms with Crippen LogP contribution < -0.4 is 20.1 Å². The second-order valence-corrected chi connectivity index (χ2v) is 16.0. The first-order chi connectivity index (χ1) is 32.0. The maximum absolute atomic E-state index is 14.5. The van der Waals surface area contributed by atoms with Gasteiger partial charge in [-0.3, -0.25) is 33.1 Å². The molecule has 1 unspecified atom stereocenters. The zero-order valence-electron chi connectivity index (χ0n) is 37.5. The van der Waals surface area contributed by atoms with Gasteiger partial charge < -0.3 is 30.3 Å². The van der Waals surface area contributed by atoms with E-state index in [1.54, 1.807) is 0 Å². The van der Waals surface area contributed by atoms with Crippen LogP contribution in [0.3, 0.4) is 0 Å². The third-order valence-electron chi connectivity index (χ3n) is 11.0. The van der Waals surface area contributed by atoms with Gasteiger partial charge >= 0.3 is 24.3 Å². The minimum Gasteiger partial charge on any atom is -0.494 e. The molecule has 2 heterocycles. The van der Waals surface area contributed by atoms with Crippen LogP contribution >= 0.6 is 0 Å². The standard InChI is InChI=1S/C24H22F4N2O5.C23H20F4N2O5/c1-12-15(10-20(31)29-23(2,3)22(33)34)16-9-19(35-4)17(25)11-18(16)30(12)21(32)13-5-7-14(8-6-13)24(26,27)28;1-11(22(32)33)28-20(30)9-15-12(2)29(18-10-17(24)19(34-3)8-16(15)18)21(31)13-4-6-14(7-5-13)23(25,26)27/h5-9,11H,10H2,1-4H3,(H,29,31)(H,33,34);4-8,10-11H,9H2,1-3H3,(H,28,30)(H,32,33). The van der Waals surface area contributed by atoms with Crippen LogP contribution in [0.25, 0.3) is 21.8 Å². The molecule has 0 spiro atoms. The lowest BCUT2D eigenvalue weighted by Gasteiger charge is -2.21. The number of benzene rings is 4. The number of carbonyl (C=O) groups is 6. The quantitative estimate of drug-likeness (QED) is 0.0868. The molecule has 4 aromatic carbocycles. The minimum atomic E-state index is -4.58. The van der Waals surface area contributed by atoms with Crippen molar-refractivity contribution < 1.29 is 83.6 Å². The number of methoxy groups -OCH3 is 2. The lowest BCUT2D eigenvalue weighted by molar-refractivity contribution is -0.146. The van der Waals surface area contributed by atoms with Crippen LogP contribution in [0.2, 0.25) is 0 Å². The Hall–Kier alpha value is -7.78. The highest BCUT2D eigenvalue weighted by atomic mass is 19.4. The number of amides is 2. The van der Waals surface area contributed by atoms with E-state index in [9.17, 15) is 69.0 Å². The lowest BCUT2D eigenvalue weighted by Crippen LogP contribution is -2.50. The zero-order chi connectivity index (χ0) is 51.7. The number of nitrogens with zero attached hydrogens (tertiary/aromatic N) is 2. The first-order valence-corrected chi connectivity index (χ1v) is 20.3. The minimum absolute atomic E-state index is 0.0750. The summed E-state index contributed by atoms with van der Waals surface area (Å²) in [6.45, 7) is 6.88.